The van der Waals surface area contributed by atoms with E-state index in [0.717, 1.165) is 22.3 Å². The van der Waals surface area contributed by atoms with Gasteiger partial charge in [0, 0.05) is 6.08 Å². The summed E-state index contributed by atoms with van der Waals surface area (Å²) in [4.78, 5) is 12.3. The number of benzene rings is 2. The summed E-state index contributed by atoms with van der Waals surface area (Å²) in [7, 11) is 4.65. The highest BCUT2D eigenvalue weighted by Gasteiger charge is 2.17. The van der Waals surface area contributed by atoms with Crippen molar-refractivity contribution in [1.29, 1.82) is 0 Å². The van der Waals surface area contributed by atoms with Gasteiger partial charge in [-0.15, -0.1) is 0 Å². The number of carbonyl (C=O) groups excluding carboxylic acids is 1. The summed E-state index contributed by atoms with van der Waals surface area (Å²) in [5, 5.41) is 0. The van der Waals surface area contributed by atoms with E-state index in [4.69, 9.17) is 18.9 Å². The van der Waals surface area contributed by atoms with Crippen molar-refractivity contribution in [3.63, 3.8) is 0 Å². The first-order valence-corrected chi connectivity index (χ1v) is 9.86. The Hall–Kier alpha value is -2.95. The van der Waals surface area contributed by atoms with Crippen LogP contribution in [0.3, 0.4) is 0 Å². The molecule has 0 atom stereocenters. The van der Waals surface area contributed by atoms with Crippen LogP contribution < -0.4 is 14.2 Å². The summed E-state index contributed by atoms with van der Waals surface area (Å²) >= 11 is 0. The Morgan fingerprint density at radius 1 is 0.900 bits per heavy atom. The molecule has 30 heavy (non-hydrogen) atoms. The van der Waals surface area contributed by atoms with Gasteiger partial charge in [-0.1, -0.05) is 32.9 Å². The molecule has 0 aliphatic heterocycles. The fourth-order valence-electron chi connectivity index (χ4n) is 3.21. The molecule has 2 aromatic carbocycles. The summed E-state index contributed by atoms with van der Waals surface area (Å²) in [6, 6.07) is 7.87. The Kier molecular flexibility index (Phi) is 7.54. The second-order valence-electron chi connectivity index (χ2n) is 8.24. The van der Waals surface area contributed by atoms with Crippen LogP contribution in [0.5, 0.6) is 17.2 Å². The van der Waals surface area contributed by atoms with Gasteiger partial charge in [-0.2, -0.15) is 0 Å². The molecule has 0 fully saturated rings. The van der Waals surface area contributed by atoms with Crippen LogP contribution in [0.25, 0.3) is 6.08 Å². The van der Waals surface area contributed by atoms with Gasteiger partial charge in [0.2, 0.25) is 5.75 Å². The molecule has 0 saturated heterocycles. The van der Waals surface area contributed by atoms with Crippen LogP contribution in [0.2, 0.25) is 0 Å². The first kappa shape index (κ1) is 23.3. The average Bonchev–Trinajstić information content (AvgIpc) is 2.69. The average molecular weight is 413 g/mol. The number of aryl methyl sites for hydroxylation is 2. The molecule has 5 nitrogen and oxygen atoms in total. The number of hydrogen-bond donors (Lipinski definition) is 0. The first-order valence-electron chi connectivity index (χ1n) is 9.86. The van der Waals surface area contributed by atoms with Crippen LogP contribution in [-0.4, -0.2) is 27.3 Å². The molecule has 5 heteroatoms. The maximum absolute atomic E-state index is 12.3. The van der Waals surface area contributed by atoms with Gasteiger partial charge in [0.15, 0.2) is 11.5 Å². The van der Waals surface area contributed by atoms with Gasteiger partial charge in [0.25, 0.3) is 0 Å². The Labute approximate surface area is 179 Å². The van der Waals surface area contributed by atoms with Gasteiger partial charge in [0.05, 0.1) is 21.3 Å². The van der Waals surface area contributed by atoms with Crippen LogP contribution in [-0.2, 0) is 21.6 Å². The third-order valence-corrected chi connectivity index (χ3v) is 5.02. The van der Waals surface area contributed by atoms with Crippen molar-refractivity contribution < 1.29 is 23.7 Å². The van der Waals surface area contributed by atoms with E-state index in [1.54, 1.807) is 39.5 Å². The van der Waals surface area contributed by atoms with Crippen molar-refractivity contribution in [3.8, 4) is 17.2 Å². The number of carbonyl (C=O) groups is 1. The molecule has 0 aliphatic carbocycles. The van der Waals surface area contributed by atoms with Crippen molar-refractivity contribution in [3.05, 3.63) is 58.2 Å². The Bertz CT molecular complexity index is 887. The molecular weight excluding hydrogens is 380 g/mol. The van der Waals surface area contributed by atoms with E-state index >= 15 is 0 Å². The maximum atomic E-state index is 12.3. The minimum absolute atomic E-state index is 0.0773. The van der Waals surface area contributed by atoms with Gasteiger partial charge in [0.1, 0.15) is 6.61 Å². The summed E-state index contributed by atoms with van der Waals surface area (Å²) in [5.41, 5.74) is 5.38. The van der Waals surface area contributed by atoms with Crippen LogP contribution in [0, 0.1) is 13.8 Å². The normalized spacial score (nSPS) is 11.5. The number of rotatable bonds is 7. The lowest BCUT2D eigenvalue weighted by Gasteiger charge is -2.22. The van der Waals surface area contributed by atoms with Crippen LogP contribution >= 0.6 is 0 Å². The lowest BCUT2D eigenvalue weighted by atomic mass is 9.84. The third-order valence-electron chi connectivity index (χ3n) is 5.02. The molecule has 0 aliphatic rings. The molecule has 0 aromatic heterocycles. The van der Waals surface area contributed by atoms with Gasteiger partial charge < -0.3 is 18.9 Å². The zero-order valence-electron chi connectivity index (χ0n) is 19.2. The summed E-state index contributed by atoms with van der Waals surface area (Å²) < 4.78 is 21.5. The van der Waals surface area contributed by atoms with Crippen molar-refractivity contribution in [2.24, 2.45) is 0 Å². The smallest absolute Gasteiger partial charge is 0.331 e. The molecule has 2 aromatic rings. The highest BCUT2D eigenvalue weighted by Crippen LogP contribution is 2.38. The molecular formula is C25H32O5. The van der Waals surface area contributed by atoms with Gasteiger partial charge in [-0.25, -0.2) is 4.79 Å². The third kappa shape index (κ3) is 5.56. The summed E-state index contributed by atoms with van der Waals surface area (Å²) in [6.07, 6.45) is 3.06. The Balaban J connectivity index is 2.13. The standard InChI is InChI=1S/C25H32O5/c1-16-11-19(25(3,4)5)12-17(2)20(16)15-30-23(26)10-9-18-13-21(27-6)24(29-8)22(14-18)28-7/h9-14H,15H2,1-8H3. The molecule has 0 unspecified atom stereocenters. The fourth-order valence-corrected chi connectivity index (χ4v) is 3.21. The molecule has 0 heterocycles. The number of methoxy groups -OCH3 is 3. The van der Waals surface area contributed by atoms with Gasteiger partial charge in [-0.3, -0.25) is 0 Å². The van der Waals surface area contributed by atoms with E-state index in [0.29, 0.717) is 17.2 Å². The summed E-state index contributed by atoms with van der Waals surface area (Å²) in [6.45, 7) is 10.9. The molecule has 0 spiro atoms. The zero-order valence-corrected chi connectivity index (χ0v) is 19.2. The number of ether oxygens (including phenoxy) is 4. The quantitative estimate of drug-likeness (QED) is 0.451. The predicted molar refractivity (Wildman–Crippen MR) is 120 cm³/mol. The zero-order chi connectivity index (χ0) is 22.5. The van der Waals surface area contributed by atoms with Crippen molar-refractivity contribution in [2.75, 3.05) is 21.3 Å². The van der Waals surface area contributed by atoms with Crippen molar-refractivity contribution in [1.82, 2.24) is 0 Å². The molecule has 0 bridgehead atoms. The minimum Gasteiger partial charge on any atom is -0.493 e. The maximum Gasteiger partial charge on any atom is 0.331 e. The first-order chi connectivity index (χ1) is 14.1. The number of esters is 1. The molecule has 0 N–H and O–H groups in total. The minimum atomic E-state index is -0.414. The van der Waals surface area contributed by atoms with Crippen LogP contribution in [0.15, 0.2) is 30.3 Å². The van der Waals surface area contributed by atoms with E-state index in [1.807, 2.05) is 0 Å². The second-order valence-corrected chi connectivity index (χ2v) is 8.24. The Morgan fingerprint density at radius 2 is 1.43 bits per heavy atom. The summed E-state index contributed by atoms with van der Waals surface area (Å²) in [5.74, 6) is 1.14. The monoisotopic (exact) mass is 412 g/mol. The van der Waals surface area contributed by atoms with Crippen LogP contribution in [0.4, 0.5) is 0 Å². The fraction of sp³-hybridized carbons (Fsp3) is 0.400. The van der Waals surface area contributed by atoms with E-state index in [2.05, 4.69) is 46.8 Å². The topological polar surface area (TPSA) is 54.0 Å². The highest BCUT2D eigenvalue weighted by atomic mass is 16.5. The van der Waals surface area contributed by atoms with Crippen LogP contribution in [0.1, 0.15) is 48.6 Å². The largest absolute Gasteiger partial charge is 0.493 e. The van der Waals surface area contributed by atoms with Crippen molar-refractivity contribution in [2.45, 2.75) is 46.6 Å². The lowest BCUT2D eigenvalue weighted by Crippen LogP contribution is -2.13. The van der Waals surface area contributed by atoms with E-state index < -0.39 is 5.97 Å². The van der Waals surface area contributed by atoms with Gasteiger partial charge >= 0.3 is 5.97 Å². The number of hydrogen-bond acceptors (Lipinski definition) is 5. The lowest BCUT2D eigenvalue weighted by molar-refractivity contribution is -0.138. The predicted octanol–water partition coefficient (Wildman–Crippen LogP) is 5.38. The molecule has 0 radical (unpaired) electrons. The van der Waals surface area contributed by atoms with Crippen molar-refractivity contribution >= 4 is 12.0 Å². The SMILES string of the molecule is COc1cc(C=CC(=O)OCc2c(C)cc(C(C)(C)C)cc2C)cc(OC)c1OC. The molecule has 162 valence electrons. The molecule has 2 rings (SSSR count). The van der Waals surface area contributed by atoms with E-state index in [1.165, 1.54) is 11.6 Å². The highest BCUT2D eigenvalue weighted by molar-refractivity contribution is 5.87. The second kappa shape index (κ2) is 9.70. The molecule has 0 saturated carbocycles. The van der Waals surface area contributed by atoms with E-state index in [9.17, 15) is 4.79 Å². The Morgan fingerprint density at radius 3 is 1.87 bits per heavy atom. The molecule has 0 amide bonds. The van der Waals surface area contributed by atoms with Gasteiger partial charge in [-0.05, 0) is 65.3 Å². The van der Waals surface area contributed by atoms with E-state index in [-0.39, 0.29) is 12.0 Å².